The molecule has 6 nitrogen and oxygen atoms in total. The summed E-state index contributed by atoms with van der Waals surface area (Å²) < 4.78 is 13.5. The molecule has 152 valence electrons. The zero-order valence-electron chi connectivity index (χ0n) is 16.1. The molecule has 0 fully saturated rings. The van der Waals surface area contributed by atoms with E-state index in [-0.39, 0.29) is 55.3 Å². The zero-order valence-corrected chi connectivity index (χ0v) is 16.9. The Morgan fingerprint density at radius 1 is 1.07 bits per heavy atom. The van der Waals surface area contributed by atoms with Crippen LogP contribution in [0.5, 0.6) is 0 Å². The number of nitrogens with zero attached hydrogens (tertiary/aromatic N) is 1. The maximum atomic E-state index is 13.5. The van der Waals surface area contributed by atoms with Crippen LogP contribution in [0.25, 0.3) is 0 Å². The van der Waals surface area contributed by atoms with Crippen molar-refractivity contribution in [2.75, 3.05) is 18.4 Å². The number of hydrogen-bond donors (Lipinski definition) is 2. The molecule has 1 amide bonds. The molecular formula is C21H22FN3O3S. The van der Waals surface area contributed by atoms with Crippen LogP contribution in [-0.4, -0.2) is 30.6 Å². The summed E-state index contributed by atoms with van der Waals surface area (Å²) in [6.07, 6.45) is 0.410. The van der Waals surface area contributed by atoms with E-state index in [1.165, 1.54) is 23.5 Å². The van der Waals surface area contributed by atoms with Crippen molar-refractivity contribution in [3.63, 3.8) is 0 Å². The van der Waals surface area contributed by atoms with Crippen molar-refractivity contribution in [3.8, 4) is 6.07 Å². The third kappa shape index (κ3) is 7.12. The molecule has 29 heavy (non-hydrogen) atoms. The van der Waals surface area contributed by atoms with Gasteiger partial charge in [0.25, 0.3) is 0 Å². The lowest BCUT2D eigenvalue weighted by Crippen LogP contribution is -2.29. The van der Waals surface area contributed by atoms with Gasteiger partial charge in [-0.15, -0.1) is 11.3 Å². The van der Waals surface area contributed by atoms with E-state index in [9.17, 15) is 18.8 Å². The number of aryl methyl sites for hydroxylation is 1. The highest BCUT2D eigenvalue weighted by molar-refractivity contribution is 7.14. The Balaban J connectivity index is 1.62. The molecule has 0 aliphatic carbocycles. The molecule has 1 aromatic heterocycles. The summed E-state index contributed by atoms with van der Waals surface area (Å²) in [4.78, 5) is 37.4. The Hall–Kier alpha value is -3.05. The number of nitrogens with one attached hydrogen (secondary N) is 2. The van der Waals surface area contributed by atoms with Crippen LogP contribution < -0.4 is 10.6 Å². The fourth-order valence-corrected chi connectivity index (χ4v) is 3.45. The smallest absolute Gasteiger partial charge is 0.220 e. The van der Waals surface area contributed by atoms with E-state index in [1.54, 1.807) is 18.2 Å². The fourth-order valence-electron chi connectivity index (χ4n) is 2.61. The first-order chi connectivity index (χ1) is 13.9. The Morgan fingerprint density at radius 2 is 1.83 bits per heavy atom. The highest BCUT2D eigenvalue weighted by Crippen LogP contribution is 2.18. The van der Waals surface area contributed by atoms with Gasteiger partial charge < -0.3 is 10.6 Å². The van der Waals surface area contributed by atoms with Gasteiger partial charge in [-0.3, -0.25) is 14.4 Å². The van der Waals surface area contributed by atoms with Gasteiger partial charge in [-0.25, -0.2) is 4.39 Å². The summed E-state index contributed by atoms with van der Waals surface area (Å²) in [6.45, 7) is 2.50. The second-order valence-corrected chi connectivity index (χ2v) is 7.71. The normalized spacial score (nSPS) is 10.2. The van der Waals surface area contributed by atoms with Crippen LogP contribution in [-0.2, 0) is 9.59 Å². The van der Waals surface area contributed by atoms with Crippen molar-refractivity contribution < 1.29 is 18.8 Å². The van der Waals surface area contributed by atoms with E-state index < -0.39 is 5.82 Å². The predicted octanol–water partition coefficient (Wildman–Crippen LogP) is 3.61. The van der Waals surface area contributed by atoms with Crippen LogP contribution in [0.1, 0.15) is 45.8 Å². The van der Waals surface area contributed by atoms with E-state index in [0.717, 1.165) is 4.88 Å². The molecule has 0 spiro atoms. The highest BCUT2D eigenvalue weighted by Gasteiger charge is 2.12. The Morgan fingerprint density at radius 3 is 2.52 bits per heavy atom. The summed E-state index contributed by atoms with van der Waals surface area (Å²) in [5.41, 5.74) is 0.291. The van der Waals surface area contributed by atoms with Crippen molar-refractivity contribution in [2.24, 2.45) is 0 Å². The molecule has 0 aliphatic rings. The molecule has 2 aromatic rings. The van der Waals surface area contributed by atoms with Gasteiger partial charge >= 0.3 is 0 Å². The number of thiophene rings is 1. The zero-order chi connectivity index (χ0) is 21.2. The highest BCUT2D eigenvalue weighted by atomic mass is 32.1. The van der Waals surface area contributed by atoms with E-state index in [1.807, 2.05) is 13.0 Å². The number of anilines is 1. The number of Topliss-reactive ketones (excluding diaryl/α,β-unsaturated/α-hetero) is 2. The molecule has 0 aliphatic heterocycles. The van der Waals surface area contributed by atoms with Gasteiger partial charge in [-0.1, -0.05) is 6.07 Å². The maximum absolute atomic E-state index is 13.5. The Labute approximate surface area is 172 Å². The van der Waals surface area contributed by atoms with Crippen molar-refractivity contribution in [1.82, 2.24) is 5.32 Å². The van der Waals surface area contributed by atoms with Gasteiger partial charge in [0, 0.05) is 43.6 Å². The second-order valence-electron chi connectivity index (χ2n) is 6.42. The van der Waals surface area contributed by atoms with Crippen LogP contribution in [0.4, 0.5) is 10.1 Å². The van der Waals surface area contributed by atoms with Crippen molar-refractivity contribution >= 4 is 34.5 Å². The minimum Gasteiger partial charge on any atom is -0.382 e. The molecule has 1 heterocycles. The van der Waals surface area contributed by atoms with E-state index in [4.69, 9.17) is 5.26 Å². The molecule has 2 rings (SSSR count). The number of carbonyl (C=O) groups excluding carboxylic acids is 3. The van der Waals surface area contributed by atoms with Crippen molar-refractivity contribution in [1.29, 1.82) is 5.26 Å². The number of rotatable bonds is 11. The molecule has 0 atom stereocenters. The average Bonchev–Trinajstić information content (AvgIpc) is 3.14. The number of benzene rings is 1. The van der Waals surface area contributed by atoms with Crippen LogP contribution in [0.2, 0.25) is 0 Å². The first kappa shape index (κ1) is 22.2. The summed E-state index contributed by atoms with van der Waals surface area (Å²) in [5, 5.41) is 14.5. The molecule has 0 saturated heterocycles. The molecule has 1 aromatic carbocycles. The first-order valence-corrected chi connectivity index (χ1v) is 10.0. The fraction of sp³-hybridized carbons (Fsp3) is 0.333. The Bertz CT molecular complexity index is 933. The molecule has 0 saturated carbocycles. The Kier molecular flexibility index (Phi) is 8.49. The molecule has 2 N–H and O–H groups in total. The molecule has 0 unspecified atom stereocenters. The summed E-state index contributed by atoms with van der Waals surface area (Å²) in [7, 11) is 0. The number of carbonyl (C=O) groups is 3. The lowest BCUT2D eigenvalue weighted by Gasteiger charge is -2.09. The summed E-state index contributed by atoms with van der Waals surface area (Å²) in [6, 6.07) is 9.71. The largest absolute Gasteiger partial charge is 0.382 e. The third-order valence-electron chi connectivity index (χ3n) is 4.17. The third-order valence-corrected chi connectivity index (χ3v) is 5.21. The van der Waals surface area contributed by atoms with Crippen molar-refractivity contribution in [3.05, 3.63) is 51.5 Å². The van der Waals surface area contributed by atoms with Gasteiger partial charge in [-0.2, -0.15) is 5.26 Å². The minimum atomic E-state index is -0.604. The number of ketones is 2. The molecule has 0 bridgehead atoms. The van der Waals surface area contributed by atoms with Gasteiger partial charge in [0.2, 0.25) is 5.91 Å². The summed E-state index contributed by atoms with van der Waals surface area (Å²) >= 11 is 1.41. The number of hydrogen-bond acceptors (Lipinski definition) is 6. The average molecular weight is 415 g/mol. The molecule has 0 radical (unpaired) electrons. The van der Waals surface area contributed by atoms with Gasteiger partial charge in [0.1, 0.15) is 23.2 Å². The standard InChI is InChI=1S/C21H22FN3O3S/c1-14-5-9-20(29-14)19(27)8-6-15(26)7-10-21(28)25-12-11-24-18-4-2-3-17(22)16(18)13-23/h2-5,9,24H,6-8,10-12H2,1H3,(H,25,28). The van der Waals surface area contributed by atoms with Crippen LogP contribution in [0.15, 0.2) is 30.3 Å². The maximum Gasteiger partial charge on any atom is 0.220 e. The first-order valence-electron chi connectivity index (χ1n) is 9.21. The number of nitriles is 1. The topological polar surface area (TPSA) is 99.1 Å². The lowest BCUT2D eigenvalue weighted by molar-refractivity contribution is -0.125. The quantitative estimate of drug-likeness (QED) is 0.431. The number of halogens is 1. The number of amides is 1. The minimum absolute atomic E-state index is 0.0501. The monoisotopic (exact) mass is 415 g/mol. The van der Waals surface area contributed by atoms with Gasteiger partial charge in [-0.05, 0) is 31.2 Å². The summed E-state index contributed by atoms with van der Waals surface area (Å²) in [5.74, 6) is -1.06. The lowest BCUT2D eigenvalue weighted by atomic mass is 10.1. The SMILES string of the molecule is Cc1ccc(C(=O)CCC(=O)CCC(=O)NCCNc2cccc(F)c2C#N)s1. The van der Waals surface area contributed by atoms with Crippen LogP contribution in [0.3, 0.4) is 0 Å². The van der Waals surface area contributed by atoms with Gasteiger partial charge in [0.05, 0.1) is 10.6 Å². The van der Waals surface area contributed by atoms with Crippen LogP contribution >= 0.6 is 11.3 Å². The molecule has 8 heteroatoms. The van der Waals surface area contributed by atoms with E-state index in [0.29, 0.717) is 17.1 Å². The second kappa shape index (κ2) is 11.1. The van der Waals surface area contributed by atoms with Crippen LogP contribution in [0, 0.1) is 24.1 Å². The van der Waals surface area contributed by atoms with E-state index >= 15 is 0 Å². The van der Waals surface area contributed by atoms with Crippen molar-refractivity contribution in [2.45, 2.75) is 32.6 Å². The van der Waals surface area contributed by atoms with E-state index in [2.05, 4.69) is 10.6 Å². The predicted molar refractivity (Wildman–Crippen MR) is 109 cm³/mol. The molecular weight excluding hydrogens is 393 g/mol. The van der Waals surface area contributed by atoms with Gasteiger partial charge in [0.15, 0.2) is 5.78 Å².